The number of hydrogen-bond donors (Lipinski definition) is 2. The van der Waals surface area contributed by atoms with Crippen molar-refractivity contribution >= 4 is 35.2 Å². The van der Waals surface area contributed by atoms with Crippen molar-refractivity contribution < 1.29 is 19.2 Å². The highest BCUT2D eigenvalue weighted by Gasteiger charge is 2.41. The molecule has 1 aromatic rings. The molecule has 0 aliphatic carbocycles. The summed E-state index contributed by atoms with van der Waals surface area (Å²) < 4.78 is 0. The minimum Gasteiger partial charge on any atom is -0.370 e. The Labute approximate surface area is 218 Å². The lowest BCUT2D eigenvalue weighted by Gasteiger charge is -2.45. The predicted octanol–water partition coefficient (Wildman–Crippen LogP) is 2.94. The van der Waals surface area contributed by atoms with E-state index in [1.165, 1.54) is 5.56 Å². The lowest BCUT2D eigenvalue weighted by atomic mass is 9.70. The summed E-state index contributed by atoms with van der Waals surface area (Å²) in [5, 5.41) is 3.69. The molecule has 0 aromatic heterocycles. The third-order valence-corrected chi connectivity index (χ3v) is 7.79. The number of benzene rings is 1. The number of primary amides is 1. The number of rotatable bonds is 8. The molecule has 2 heterocycles. The van der Waals surface area contributed by atoms with Crippen LogP contribution in [-0.4, -0.2) is 65.6 Å². The molecule has 0 saturated carbocycles. The van der Waals surface area contributed by atoms with Gasteiger partial charge in [-0.1, -0.05) is 51.4 Å². The fraction of sp³-hybridized carbons (Fsp3) is 0.630. The summed E-state index contributed by atoms with van der Waals surface area (Å²) in [7, 11) is 0. The number of carbonyl (C=O) groups is 4. The maximum atomic E-state index is 13.6. The first kappa shape index (κ1) is 28.0. The molecule has 0 radical (unpaired) electrons. The number of halogens is 1. The van der Waals surface area contributed by atoms with E-state index in [4.69, 9.17) is 17.3 Å². The van der Waals surface area contributed by atoms with Crippen molar-refractivity contribution in [3.8, 4) is 0 Å². The number of likely N-dealkylation sites (tertiary alicyclic amines) is 2. The number of hydrogen-bond acceptors (Lipinski definition) is 4. The Bertz CT molecular complexity index is 978. The first-order chi connectivity index (χ1) is 16.9. The zero-order valence-corrected chi connectivity index (χ0v) is 22.5. The molecule has 4 amide bonds. The van der Waals surface area contributed by atoms with Crippen LogP contribution in [0.4, 0.5) is 0 Å². The molecule has 0 spiro atoms. The Hall–Kier alpha value is -2.61. The average Bonchev–Trinajstić information content (AvgIpc) is 3.31. The molecule has 36 heavy (non-hydrogen) atoms. The van der Waals surface area contributed by atoms with Crippen LogP contribution in [-0.2, 0) is 19.2 Å². The molecular formula is C27H39ClN4O4. The van der Waals surface area contributed by atoms with Gasteiger partial charge in [0.05, 0.1) is 5.92 Å². The van der Waals surface area contributed by atoms with Crippen molar-refractivity contribution in [3.63, 3.8) is 0 Å². The van der Waals surface area contributed by atoms with Gasteiger partial charge < -0.3 is 20.9 Å². The Morgan fingerprint density at radius 1 is 1.06 bits per heavy atom. The monoisotopic (exact) mass is 518 g/mol. The second-order valence-electron chi connectivity index (χ2n) is 11.2. The summed E-state index contributed by atoms with van der Waals surface area (Å²) >= 11 is 6.06. The van der Waals surface area contributed by atoms with Crippen LogP contribution in [0.5, 0.6) is 0 Å². The van der Waals surface area contributed by atoms with E-state index in [2.05, 4.69) is 31.3 Å². The van der Waals surface area contributed by atoms with E-state index in [1.807, 2.05) is 30.9 Å². The minimum atomic E-state index is -0.625. The molecular weight excluding hydrogens is 480 g/mol. The summed E-state index contributed by atoms with van der Waals surface area (Å²) in [5.74, 6) is -1.10. The van der Waals surface area contributed by atoms with Crippen molar-refractivity contribution in [2.24, 2.45) is 23.0 Å². The van der Waals surface area contributed by atoms with E-state index in [-0.39, 0.29) is 47.8 Å². The van der Waals surface area contributed by atoms with Crippen LogP contribution >= 0.6 is 11.6 Å². The van der Waals surface area contributed by atoms with E-state index in [9.17, 15) is 19.2 Å². The molecule has 1 aromatic carbocycles. The van der Waals surface area contributed by atoms with Gasteiger partial charge in [0.1, 0.15) is 6.04 Å². The number of nitrogens with one attached hydrogen (secondary N) is 1. The lowest BCUT2D eigenvalue weighted by Crippen LogP contribution is -2.56. The van der Waals surface area contributed by atoms with Gasteiger partial charge in [0.15, 0.2) is 0 Å². The van der Waals surface area contributed by atoms with Crippen LogP contribution in [0.25, 0.3) is 0 Å². The van der Waals surface area contributed by atoms with Crippen molar-refractivity contribution in [1.29, 1.82) is 0 Å². The summed E-state index contributed by atoms with van der Waals surface area (Å²) in [5.41, 5.74) is 6.22. The van der Waals surface area contributed by atoms with Gasteiger partial charge in [0.25, 0.3) is 0 Å². The molecule has 198 valence electrons. The molecule has 2 aliphatic heterocycles. The summed E-state index contributed by atoms with van der Waals surface area (Å²) in [6.07, 6.45) is 1.43. The molecule has 9 heteroatoms. The molecule has 8 nitrogen and oxygen atoms in total. The normalized spacial score (nSPS) is 22.4. The topological polar surface area (TPSA) is 113 Å². The van der Waals surface area contributed by atoms with Crippen LogP contribution in [0, 0.1) is 17.3 Å². The zero-order valence-electron chi connectivity index (χ0n) is 21.8. The number of nitrogens with zero attached hydrogens (tertiary/aromatic N) is 2. The van der Waals surface area contributed by atoms with Gasteiger partial charge in [0.2, 0.25) is 23.6 Å². The number of nitrogens with two attached hydrogens (primary N) is 1. The first-order valence-electron chi connectivity index (χ1n) is 12.8. The smallest absolute Gasteiger partial charge is 0.245 e. The molecule has 2 saturated heterocycles. The first-order valence-corrected chi connectivity index (χ1v) is 13.2. The van der Waals surface area contributed by atoms with E-state index in [0.29, 0.717) is 43.5 Å². The zero-order chi connectivity index (χ0) is 26.6. The molecule has 0 unspecified atom stereocenters. The van der Waals surface area contributed by atoms with Crippen molar-refractivity contribution in [2.45, 2.75) is 65.3 Å². The van der Waals surface area contributed by atoms with Crippen LogP contribution in [0.15, 0.2) is 24.3 Å². The van der Waals surface area contributed by atoms with Crippen molar-refractivity contribution in [3.05, 3.63) is 34.9 Å². The van der Waals surface area contributed by atoms with E-state index < -0.39 is 11.9 Å². The highest BCUT2D eigenvalue weighted by Crippen LogP contribution is 2.42. The van der Waals surface area contributed by atoms with E-state index >= 15 is 0 Å². The summed E-state index contributed by atoms with van der Waals surface area (Å²) in [4.78, 5) is 53.4. The number of carbonyl (C=O) groups excluding carboxylic acids is 4. The summed E-state index contributed by atoms with van der Waals surface area (Å²) in [6.45, 7) is 10.2. The SMILES string of the molecule is CC(C)[C@@H](NC(=O)[C@@H]1CCN(C(=O)CCC(N)=O)C1)C(=O)N1CC[C@H](c2ccc(Cl)cc2)C(C)(C)C1. The largest absolute Gasteiger partial charge is 0.370 e. The van der Waals surface area contributed by atoms with Gasteiger partial charge in [0, 0.05) is 44.0 Å². The van der Waals surface area contributed by atoms with Crippen LogP contribution in [0.2, 0.25) is 5.02 Å². The van der Waals surface area contributed by atoms with Crippen molar-refractivity contribution in [1.82, 2.24) is 15.1 Å². The number of amides is 4. The van der Waals surface area contributed by atoms with Gasteiger partial charge in [-0.15, -0.1) is 0 Å². The Kier molecular flexibility index (Phi) is 9.03. The van der Waals surface area contributed by atoms with E-state index in [0.717, 1.165) is 6.42 Å². The molecule has 2 aliphatic rings. The maximum Gasteiger partial charge on any atom is 0.245 e. The lowest BCUT2D eigenvalue weighted by molar-refractivity contribution is -0.141. The highest BCUT2D eigenvalue weighted by molar-refractivity contribution is 6.30. The standard InChI is InChI=1S/C27H39ClN4O4/c1-17(2)24(30-25(35)19-11-13-31(15-19)23(34)10-9-22(29)33)26(36)32-14-12-21(27(3,4)16-32)18-5-7-20(28)8-6-18/h5-8,17,19,21,24H,9-16H2,1-4H3,(H2,29,33)(H,30,35)/t19-,21-,24-/m1/s1. The quantitative estimate of drug-likeness (QED) is 0.550. The van der Waals surface area contributed by atoms with Gasteiger partial charge in [-0.3, -0.25) is 19.2 Å². The molecule has 3 atom stereocenters. The average molecular weight is 519 g/mol. The van der Waals surface area contributed by atoms with Crippen LogP contribution in [0.1, 0.15) is 64.9 Å². The third kappa shape index (κ3) is 6.78. The van der Waals surface area contributed by atoms with Crippen molar-refractivity contribution in [2.75, 3.05) is 26.2 Å². The second kappa shape index (κ2) is 11.6. The molecule has 0 bridgehead atoms. The van der Waals surface area contributed by atoms with E-state index in [1.54, 1.807) is 4.90 Å². The Balaban J connectivity index is 1.60. The fourth-order valence-corrected chi connectivity index (χ4v) is 5.55. The molecule has 3 rings (SSSR count). The Morgan fingerprint density at radius 3 is 2.28 bits per heavy atom. The minimum absolute atomic E-state index is 0.00117. The fourth-order valence-electron chi connectivity index (χ4n) is 5.43. The van der Waals surface area contributed by atoms with Gasteiger partial charge in [-0.05, 0) is 47.8 Å². The Morgan fingerprint density at radius 2 is 1.69 bits per heavy atom. The van der Waals surface area contributed by atoms with Crippen LogP contribution < -0.4 is 11.1 Å². The van der Waals surface area contributed by atoms with Crippen LogP contribution in [0.3, 0.4) is 0 Å². The second-order valence-corrected chi connectivity index (χ2v) is 11.6. The molecule has 3 N–H and O–H groups in total. The maximum absolute atomic E-state index is 13.6. The van der Waals surface area contributed by atoms with Gasteiger partial charge >= 0.3 is 0 Å². The molecule has 2 fully saturated rings. The van der Waals surface area contributed by atoms with Gasteiger partial charge in [-0.2, -0.15) is 0 Å². The highest BCUT2D eigenvalue weighted by atomic mass is 35.5. The summed E-state index contributed by atoms with van der Waals surface area (Å²) in [6, 6.07) is 7.31. The predicted molar refractivity (Wildman–Crippen MR) is 139 cm³/mol. The third-order valence-electron chi connectivity index (χ3n) is 7.54. The van der Waals surface area contributed by atoms with Gasteiger partial charge in [-0.25, -0.2) is 0 Å². The number of piperidine rings is 1.